The van der Waals surface area contributed by atoms with Gasteiger partial charge in [0.15, 0.2) is 12.4 Å². The highest BCUT2D eigenvalue weighted by molar-refractivity contribution is 5.78. The number of carbonyl (C=O) groups is 1. The Labute approximate surface area is 173 Å². The molecule has 0 saturated carbocycles. The normalized spacial score (nSPS) is 19.5. The van der Waals surface area contributed by atoms with Crippen molar-refractivity contribution in [3.63, 3.8) is 0 Å². The van der Waals surface area contributed by atoms with Gasteiger partial charge >= 0.3 is 5.69 Å². The first-order valence-corrected chi connectivity index (χ1v) is 9.60. The van der Waals surface area contributed by atoms with Gasteiger partial charge in [-0.3, -0.25) is 19.8 Å². The second-order valence-electron chi connectivity index (χ2n) is 7.43. The number of para-hydroxylation sites is 1. The standard InChI is InChI=1S/C21H23F2N3O4/c1-14-11-25(15(2)10-24(14)12-16-6-8-17(22)9-7-16)20(27)13-30-21-18(23)4-3-5-19(21)26(28)29/h3-9,14-15H,10-13H2,1-2H3/t14-,15+/m0/s1. The fraction of sp³-hybridized carbons (Fsp3) is 0.381. The number of rotatable bonds is 6. The van der Waals surface area contributed by atoms with Crippen LogP contribution < -0.4 is 4.74 Å². The van der Waals surface area contributed by atoms with Crippen LogP contribution in [0.4, 0.5) is 14.5 Å². The van der Waals surface area contributed by atoms with Gasteiger partial charge in [-0.2, -0.15) is 0 Å². The summed E-state index contributed by atoms with van der Waals surface area (Å²) in [6.45, 7) is 5.06. The summed E-state index contributed by atoms with van der Waals surface area (Å²) in [6, 6.07) is 9.61. The van der Waals surface area contributed by atoms with Crippen LogP contribution in [-0.4, -0.2) is 52.4 Å². The van der Waals surface area contributed by atoms with Gasteiger partial charge in [0.05, 0.1) is 4.92 Å². The van der Waals surface area contributed by atoms with E-state index in [4.69, 9.17) is 4.74 Å². The Balaban J connectivity index is 1.62. The third-order valence-electron chi connectivity index (χ3n) is 5.22. The molecule has 1 saturated heterocycles. The van der Waals surface area contributed by atoms with Crippen LogP contribution in [0.5, 0.6) is 5.75 Å². The Hall–Kier alpha value is -3.07. The van der Waals surface area contributed by atoms with Gasteiger partial charge in [-0.15, -0.1) is 0 Å². The van der Waals surface area contributed by atoms with Crippen molar-refractivity contribution < 1.29 is 23.2 Å². The number of halogens is 2. The van der Waals surface area contributed by atoms with Gasteiger partial charge in [0.2, 0.25) is 5.75 Å². The molecule has 2 atom stereocenters. The van der Waals surface area contributed by atoms with Gasteiger partial charge in [-0.1, -0.05) is 18.2 Å². The van der Waals surface area contributed by atoms with Crippen LogP contribution in [0.1, 0.15) is 19.4 Å². The Kier molecular flexibility index (Phi) is 6.61. The smallest absolute Gasteiger partial charge is 0.314 e. The van der Waals surface area contributed by atoms with E-state index in [1.807, 2.05) is 13.8 Å². The van der Waals surface area contributed by atoms with E-state index in [9.17, 15) is 23.7 Å². The zero-order chi connectivity index (χ0) is 21.8. The number of hydrogen-bond acceptors (Lipinski definition) is 5. The number of hydrogen-bond donors (Lipinski definition) is 0. The Morgan fingerprint density at radius 2 is 1.83 bits per heavy atom. The van der Waals surface area contributed by atoms with Crippen LogP contribution in [0.25, 0.3) is 0 Å². The van der Waals surface area contributed by atoms with Gasteiger partial charge in [0.1, 0.15) is 5.82 Å². The minimum Gasteiger partial charge on any atom is -0.475 e. The SMILES string of the molecule is C[C@@H]1CN(Cc2ccc(F)cc2)[C@@H](C)CN1C(=O)COc1c(F)cccc1[N+](=O)[O-]. The van der Waals surface area contributed by atoms with Crippen molar-refractivity contribution in [2.75, 3.05) is 19.7 Å². The maximum absolute atomic E-state index is 13.9. The van der Waals surface area contributed by atoms with E-state index in [1.165, 1.54) is 18.2 Å². The first-order chi connectivity index (χ1) is 14.3. The molecule has 0 aromatic heterocycles. The number of nitro benzene ring substituents is 1. The quantitative estimate of drug-likeness (QED) is 0.530. The number of carbonyl (C=O) groups excluding carboxylic acids is 1. The zero-order valence-electron chi connectivity index (χ0n) is 16.8. The molecule has 2 aromatic rings. The molecule has 1 aliphatic rings. The minimum atomic E-state index is -0.887. The van der Waals surface area contributed by atoms with Crippen molar-refractivity contribution in [3.05, 3.63) is 69.8 Å². The van der Waals surface area contributed by atoms with E-state index < -0.39 is 28.8 Å². The molecule has 9 heteroatoms. The Morgan fingerprint density at radius 3 is 2.50 bits per heavy atom. The minimum absolute atomic E-state index is 0.0398. The Morgan fingerprint density at radius 1 is 1.13 bits per heavy atom. The summed E-state index contributed by atoms with van der Waals surface area (Å²) in [4.78, 5) is 26.8. The highest BCUT2D eigenvalue weighted by Crippen LogP contribution is 2.29. The predicted molar refractivity (Wildman–Crippen MR) is 106 cm³/mol. The summed E-state index contributed by atoms with van der Waals surface area (Å²) in [5.74, 6) is -2.08. The number of piperazine rings is 1. The van der Waals surface area contributed by atoms with Crippen LogP contribution in [0.15, 0.2) is 42.5 Å². The summed E-state index contributed by atoms with van der Waals surface area (Å²) in [6.07, 6.45) is 0. The van der Waals surface area contributed by atoms with Crippen molar-refractivity contribution in [1.82, 2.24) is 9.80 Å². The monoisotopic (exact) mass is 419 g/mol. The fourth-order valence-electron chi connectivity index (χ4n) is 3.59. The molecular formula is C21H23F2N3O4. The van der Waals surface area contributed by atoms with Crippen molar-refractivity contribution >= 4 is 11.6 Å². The summed E-state index contributed by atoms with van der Waals surface area (Å²) >= 11 is 0. The first kappa shape index (κ1) is 21.6. The highest BCUT2D eigenvalue weighted by Gasteiger charge is 2.32. The fourth-order valence-corrected chi connectivity index (χ4v) is 3.59. The van der Waals surface area contributed by atoms with Crippen LogP contribution in [0, 0.1) is 21.7 Å². The topological polar surface area (TPSA) is 75.9 Å². The number of amides is 1. The first-order valence-electron chi connectivity index (χ1n) is 9.60. The predicted octanol–water partition coefficient (Wildman–Crippen LogP) is 3.37. The lowest BCUT2D eigenvalue weighted by molar-refractivity contribution is -0.386. The van der Waals surface area contributed by atoms with Gasteiger partial charge in [-0.05, 0) is 37.6 Å². The van der Waals surface area contributed by atoms with Gasteiger partial charge in [-0.25, -0.2) is 8.78 Å². The number of benzene rings is 2. The van der Waals surface area contributed by atoms with Gasteiger partial charge in [0.25, 0.3) is 5.91 Å². The van der Waals surface area contributed by atoms with Crippen molar-refractivity contribution in [3.8, 4) is 5.75 Å². The van der Waals surface area contributed by atoms with Gasteiger partial charge in [0, 0.05) is 37.8 Å². The molecule has 30 heavy (non-hydrogen) atoms. The molecule has 3 rings (SSSR count). The summed E-state index contributed by atoms with van der Waals surface area (Å²) in [5.41, 5.74) is 0.457. The highest BCUT2D eigenvalue weighted by atomic mass is 19.1. The Bertz CT molecular complexity index is 923. The van der Waals surface area contributed by atoms with Crippen LogP contribution in [0.2, 0.25) is 0 Å². The van der Waals surface area contributed by atoms with E-state index in [2.05, 4.69) is 4.90 Å². The molecule has 7 nitrogen and oxygen atoms in total. The largest absolute Gasteiger partial charge is 0.475 e. The maximum Gasteiger partial charge on any atom is 0.314 e. The third-order valence-corrected chi connectivity index (χ3v) is 5.22. The van der Waals surface area contributed by atoms with E-state index in [0.29, 0.717) is 19.6 Å². The summed E-state index contributed by atoms with van der Waals surface area (Å²) in [5, 5.41) is 11.1. The number of ether oxygens (including phenoxy) is 1. The molecule has 0 radical (unpaired) electrons. The van der Waals surface area contributed by atoms with E-state index in [0.717, 1.165) is 17.7 Å². The summed E-state index contributed by atoms with van der Waals surface area (Å²) in [7, 11) is 0. The molecule has 1 fully saturated rings. The van der Waals surface area contributed by atoms with E-state index in [-0.39, 0.29) is 23.8 Å². The van der Waals surface area contributed by atoms with Crippen LogP contribution in [0.3, 0.4) is 0 Å². The molecule has 0 N–H and O–H groups in total. The average Bonchev–Trinajstić information content (AvgIpc) is 2.70. The molecule has 0 unspecified atom stereocenters. The van der Waals surface area contributed by atoms with E-state index >= 15 is 0 Å². The second kappa shape index (κ2) is 9.17. The molecule has 0 bridgehead atoms. The molecule has 2 aromatic carbocycles. The molecule has 1 amide bonds. The van der Waals surface area contributed by atoms with Crippen molar-refractivity contribution in [2.24, 2.45) is 0 Å². The van der Waals surface area contributed by atoms with Crippen LogP contribution >= 0.6 is 0 Å². The van der Waals surface area contributed by atoms with Gasteiger partial charge < -0.3 is 9.64 Å². The molecular weight excluding hydrogens is 396 g/mol. The molecule has 1 heterocycles. The average molecular weight is 419 g/mol. The van der Waals surface area contributed by atoms with Crippen molar-refractivity contribution in [1.29, 1.82) is 0 Å². The zero-order valence-corrected chi connectivity index (χ0v) is 16.8. The molecule has 160 valence electrons. The maximum atomic E-state index is 13.9. The molecule has 1 aliphatic heterocycles. The van der Waals surface area contributed by atoms with Crippen molar-refractivity contribution in [2.45, 2.75) is 32.5 Å². The number of nitrogens with zero attached hydrogens (tertiary/aromatic N) is 3. The lowest BCUT2D eigenvalue weighted by Crippen LogP contribution is -2.58. The molecule has 0 spiro atoms. The third kappa shape index (κ3) is 4.91. The summed E-state index contributed by atoms with van der Waals surface area (Å²) < 4.78 is 32.2. The lowest BCUT2D eigenvalue weighted by atomic mass is 10.1. The number of nitro groups is 1. The lowest BCUT2D eigenvalue weighted by Gasteiger charge is -2.44. The molecule has 0 aliphatic carbocycles. The van der Waals surface area contributed by atoms with E-state index in [1.54, 1.807) is 17.0 Å². The van der Waals surface area contributed by atoms with Crippen LogP contribution in [-0.2, 0) is 11.3 Å². The second-order valence-corrected chi connectivity index (χ2v) is 7.43.